The average molecular weight is 477 g/mol. The van der Waals surface area contributed by atoms with Crippen LogP contribution in [0.2, 0.25) is 10.0 Å². The van der Waals surface area contributed by atoms with Crippen molar-refractivity contribution in [3.05, 3.63) is 68.6 Å². The quantitative estimate of drug-likeness (QED) is 0.521. The number of nitrogens with zero attached hydrogens (tertiary/aromatic N) is 3. The van der Waals surface area contributed by atoms with Crippen molar-refractivity contribution in [2.75, 3.05) is 18.5 Å². The van der Waals surface area contributed by atoms with Crippen LogP contribution in [0, 0.1) is 0 Å². The SMILES string of the molecule is O=C(COc1ccc(Cl)cc1Cl)Nc1nnc(CCN2C(=O)c3ccccc3C2=O)s1. The summed E-state index contributed by atoms with van der Waals surface area (Å²) in [7, 11) is 0. The van der Waals surface area contributed by atoms with E-state index in [0.717, 1.165) is 11.3 Å². The first-order valence-electron chi connectivity index (χ1n) is 9.07. The number of fused-ring (bicyclic) bond motifs is 1. The summed E-state index contributed by atoms with van der Waals surface area (Å²) >= 11 is 13.0. The third-order valence-electron chi connectivity index (χ3n) is 4.39. The van der Waals surface area contributed by atoms with Crippen LogP contribution in [0.25, 0.3) is 0 Å². The molecule has 0 unspecified atom stereocenters. The lowest BCUT2D eigenvalue weighted by Crippen LogP contribution is -2.31. The van der Waals surface area contributed by atoms with Crippen molar-refractivity contribution in [2.45, 2.75) is 6.42 Å². The van der Waals surface area contributed by atoms with Gasteiger partial charge in [0, 0.05) is 18.0 Å². The van der Waals surface area contributed by atoms with Crippen LogP contribution in [0.15, 0.2) is 42.5 Å². The highest BCUT2D eigenvalue weighted by Gasteiger charge is 2.34. The number of anilines is 1. The molecular formula is C20H14Cl2N4O4S. The zero-order valence-corrected chi connectivity index (χ0v) is 18.1. The van der Waals surface area contributed by atoms with Gasteiger partial charge < -0.3 is 4.74 Å². The lowest BCUT2D eigenvalue weighted by Gasteiger charge is -2.12. The Labute approximate surface area is 190 Å². The summed E-state index contributed by atoms with van der Waals surface area (Å²) < 4.78 is 5.37. The average Bonchev–Trinajstić information content (AvgIpc) is 3.29. The zero-order chi connectivity index (χ0) is 22.0. The molecule has 0 radical (unpaired) electrons. The van der Waals surface area contributed by atoms with Crippen molar-refractivity contribution in [3.8, 4) is 5.75 Å². The number of aromatic nitrogens is 2. The molecule has 0 saturated carbocycles. The van der Waals surface area contributed by atoms with Gasteiger partial charge in [-0.15, -0.1) is 10.2 Å². The van der Waals surface area contributed by atoms with E-state index < -0.39 is 5.91 Å². The molecule has 1 aliphatic heterocycles. The lowest BCUT2D eigenvalue weighted by atomic mass is 10.1. The highest BCUT2D eigenvalue weighted by molar-refractivity contribution is 7.15. The number of hydrogen-bond acceptors (Lipinski definition) is 7. The van der Waals surface area contributed by atoms with Crippen LogP contribution in [0.1, 0.15) is 25.7 Å². The number of benzene rings is 2. The molecule has 2 heterocycles. The first-order chi connectivity index (χ1) is 14.9. The van der Waals surface area contributed by atoms with Crippen LogP contribution in [0.5, 0.6) is 5.75 Å². The van der Waals surface area contributed by atoms with Gasteiger partial charge in [-0.1, -0.05) is 46.7 Å². The first-order valence-corrected chi connectivity index (χ1v) is 10.6. The summed E-state index contributed by atoms with van der Waals surface area (Å²) in [5.41, 5.74) is 0.803. The maximum absolute atomic E-state index is 12.4. The number of imide groups is 1. The molecule has 2 aromatic carbocycles. The van der Waals surface area contributed by atoms with Crippen molar-refractivity contribution in [1.29, 1.82) is 0 Å². The predicted molar refractivity (Wildman–Crippen MR) is 116 cm³/mol. The van der Waals surface area contributed by atoms with Crippen molar-refractivity contribution >= 4 is 57.4 Å². The molecule has 3 amide bonds. The zero-order valence-electron chi connectivity index (χ0n) is 15.8. The van der Waals surface area contributed by atoms with Gasteiger partial charge >= 0.3 is 0 Å². The second-order valence-corrected chi connectivity index (χ2v) is 8.38. The number of hydrogen-bond donors (Lipinski definition) is 1. The van der Waals surface area contributed by atoms with Gasteiger partial charge in [0.2, 0.25) is 5.13 Å². The smallest absolute Gasteiger partial charge is 0.264 e. The molecule has 1 N–H and O–H groups in total. The topological polar surface area (TPSA) is 101 Å². The molecule has 158 valence electrons. The third kappa shape index (κ3) is 4.68. The van der Waals surface area contributed by atoms with Crippen LogP contribution in [0.3, 0.4) is 0 Å². The van der Waals surface area contributed by atoms with Crippen LogP contribution in [0.4, 0.5) is 5.13 Å². The number of carbonyl (C=O) groups is 3. The van der Waals surface area contributed by atoms with Crippen LogP contribution >= 0.6 is 34.5 Å². The second-order valence-electron chi connectivity index (χ2n) is 6.47. The van der Waals surface area contributed by atoms with Gasteiger partial charge in [0.25, 0.3) is 17.7 Å². The molecule has 1 aliphatic rings. The van der Waals surface area contributed by atoms with Crippen LogP contribution < -0.4 is 10.1 Å². The fraction of sp³-hybridized carbons (Fsp3) is 0.150. The molecule has 0 bridgehead atoms. The van der Waals surface area contributed by atoms with Gasteiger partial charge in [-0.3, -0.25) is 24.6 Å². The number of nitrogens with one attached hydrogen (secondary N) is 1. The van der Waals surface area contributed by atoms with Crippen molar-refractivity contribution < 1.29 is 19.1 Å². The summed E-state index contributed by atoms with van der Waals surface area (Å²) in [6.45, 7) is -0.0988. The standard InChI is InChI=1S/C20H14Cl2N4O4S/c21-11-5-6-15(14(22)9-11)30-10-16(27)23-20-25-24-17(31-20)7-8-26-18(28)12-3-1-2-4-13(12)19(26)29/h1-6,9H,7-8,10H2,(H,23,25,27). The number of carbonyl (C=O) groups excluding carboxylic acids is 3. The van der Waals surface area contributed by atoms with E-state index in [-0.39, 0.29) is 30.1 Å². The summed E-state index contributed by atoms with van der Waals surface area (Å²) in [6, 6.07) is 11.4. The second kappa shape index (κ2) is 9.01. The third-order valence-corrected chi connectivity index (χ3v) is 5.82. The monoisotopic (exact) mass is 476 g/mol. The Balaban J connectivity index is 1.29. The molecule has 0 atom stereocenters. The van der Waals surface area contributed by atoms with E-state index in [2.05, 4.69) is 15.5 Å². The Morgan fingerprint density at radius 3 is 2.45 bits per heavy atom. The Morgan fingerprint density at radius 1 is 1.06 bits per heavy atom. The van der Waals surface area contributed by atoms with Crippen LogP contribution in [-0.4, -0.2) is 46.0 Å². The van der Waals surface area contributed by atoms with Gasteiger partial charge in [0.15, 0.2) is 6.61 Å². The molecule has 0 spiro atoms. The lowest BCUT2D eigenvalue weighted by molar-refractivity contribution is -0.118. The normalized spacial score (nSPS) is 12.8. The molecule has 0 aliphatic carbocycles. The van der Waals surface area contributed by atoms with E-state index in [9.17, 15) is 14.4 Å². The summed E-state index contributed by atoms with van der Waals surface area (Å²) in [6.07, 6.45) is 0.329. The van der Waals surface area contributed by atoms with Gasteiger partial charge in [-0.25, -0.2) is 0 Å². The number of amides is 3. The molecule has 11 heteroatoms. The van der Waals surface area contributed by atoms with Gasteiger partial charge in [-0.2, -0.15) is 0 Å². The molecule has 4 rings (SSSR count). The van der Waals surface area contributed by atoms with Gasteiger partial charge in [0.1, 0.15) is 10.8 Å². The molecule has 31 heavy (non-hydrogen) atoms. The molecular weight excluding hydrogens is 463 g/mol. The summed E-state index contributed by atoms with van der Waals surface area (Å²) in [4.78, 5) is 38.1. The molecule has 3 aromatic rings. The van der Waals surface area contributed by atoms with E-state index in [4.69, 9.17) is 27.9 Å². The van der Waals surface area contributed by atoms with Crippen LogP contribution in [-0.2, 0) is 11.2 Å². The van der Waals surface area contributed by atoms with Crippen molar-refractivity contribution in [1.82, 2.24) is 15.1 Å². The Kier molecular flexibility index (Phi) is 6.17. The fourth-order valence-electron chi connectivity index (χ4n) is 2.95. The molecule has 1 aromatic heterocycles. The fourth-order valence-corrected chi connectivity index (χ4v) is 4.15. The van der Waals surface area contributed by atoms with E-state index in [1.807, 2.05) is 0 Å². The van der Waals surface area contributed by atoms with Gasteiger partial charge in [-0.05, 0) is 30.3 Å². The minimum atomic E-state index is -0.436. The highest BCUT2D eigenvalue weighted by atomic mass is 35.5. The highest BCUT2D eigenvalue weighted by Crippen LogP contribution is 2.27. The molecule has 0 saturated heterocycles. The minimum absolute atomic E-state index is 0.174. The van der Waals surface area contributed by atoms with E-state index in [1.54, 1.807) is 36.4 Å². The number of rotatable bonds is 7. The number of ether oxygens (including phenoxy) is 1. The van der Waals surface area contributed by atoms with Gasteiger partial charge in [0.05, 0.1) is 16.1 Å². The Morgan fingerprint density at radius 2 is 1.77 bits per heavy atom. The minimum Gasteiger partial charge on any atom is -0.482 e. The number of halogens is 2. The molecule has 0 fully saturated rings. The van der Waals surface area contributed by atoms with E-state index in [1.165, 1.54) is 11.0 Å². The van der Waals surface area contributed by atoms with Crippen molar-refractivity contribution in [3.63, 3.8) is 0 Å². The molecule has 8 nitrogen and oxygen atoms in total. The summed E-state index contributed by atoms with van der Waals surface area (Å²) in [5.74, 6) is -0.748. The van der Waals surface area contributed by atoms with E-state index in [0.29, 0.717) is 38.4 Å². The first kappa shape index (κ1) is 21.2. The predicted octanol–water partition coefficient (Wildman–Crippen LogP) is 3.70. The Bertz CT molecular complexity index is 1150. The summed E-state index contributed by atoms with van der Waals surface area (Å²) in [5, 5.41) is 12.1. The Hall–Kier alpha value is -3.01. The van der Waals surface area contributed by atoms with E-state index >= 15 is 0 Å². The largest absolute Gasteiger partial charge is 0.482 e. The maximum atomic E-state index is 12.4. The van der Waals surface area contributed by atoms with Crippen molar-refractivity contribution in [2.24, 2.45) is 0 Å². The maximum Gasteiger partial charge on any atom is 0.264 e.